The van der Waals surface area contributed by atoms with Crippen molar-refractivity contribution in [1.82, 2.24) is 0 Å². The third-order valence-corrected chi connectivity index (χ3v) is 3.70. The van der Waals surface area contributed by atoms with Gasteiger partial charge in [-0.2, -0.15) is 0 Å². The maximum atomic E-state index is 11.1. The molecule has 4 nitrogen and oxygen atoms in total. The zero-order chi connectivity index (χ0) is 15.1. The second kappa shape index (κ2) is 4.77. The summed E-state index contributed by atoms with van der Waals surface area (Å²) < 4.78 is 12.1. The van der Waals surface area contributed by atoms with E-state index in [1.165, 1.54) is 0 Å². The fourth-order valence-corrected chi connectivity index (χ4v) is 2.71. The normalized spacial score (nSPS) is 23.6. The Hall–Kier alpha value is -1.55. The first kappa shape index (κ1) is 14.9. The number of hydrogen-bond acceptors (Lipinski definition) is 3. The van der Waals surface area contributed by atoms with Crippen LogP contribution in [-0.4, -0.2) is 28.4 Å². The van der Waals surface area contributed by atoms with E-state index in [-0.39, 0.29) is 17.3 Å². The molecule has 1 saturated heterocycles. The van der Waals surface area contributed by atoms with Gasteiger partial charge < -0.3 is 14.6 Å². The quantitative estimate of drug-likeness (QED) is 0.920. The van der Waals surface area contributed by atoms with Crippen LogP contribution in [-0.2, 0) is 4.74 Å². The van der Waals surface area contributed by atoms with Gasteiger partial charge in [0.15, 0.2) is 0 Å². The number of carboxylic acid groups (broad SMARTS) is 1. The third kappa shape index (κ3) is 2.96. The zero-order valence-corrected chi connectivity index (χ0v) is 12.7. The number of ether oxygens (including phenoxy) is 2. The predicted octanol–water partition coefficient (Wildman–Crippen LogP) is 3.42. The van der Waals surface area contributed by atoms with Gasteiger partial charge in [0.1, 0.15) is 17.5 Å². The Balaban J connectivity index is 2.26. The summed E-state index contributed by atoms with van der Waals surface area (Å²) in [5.41, 5.74) is 0.541. The number of aryl methyl sites for hydroxylation is 1. The molecule has 2 rings (SSSR count). The summed E-state index contributed by atoms with van der Waals surface area (Å²) in [6, 6.07) is 4.94. The molecule has 0 bridgehead atoms. The summed E-state index contributed by atoms with van der Waals surface area (Å²) in [4.78, 5) is 11.1. The van der Waals surface area contributed by atoms with Crippen molar-refractivity contribution in [2.75, 3.05) is 0 Å². The molecule has 0 aliphatic carbocycles. The van der Waals surface area contributed by atoms with Gasteiger partial charge in [-0.3, -0.25) is 0 Å². The van der Waals surface area contributed by atoms with Gasteiger partial charge in [-0.05, 0) is 52.3 Å². The maximum absolute atomic E-state index is 11.1. The van der Waals surface area contributed by atoms with Crippen molar-refractivity contribution in [2.24, 2.45) is 0 Å². The van der Waals surface area contributed by atoms with E-state index in [1.54, 1.807) is 18.2 Å². The van der Waals surface area contributed by atoms with Crippen molar-refractivity contribution in [2.45, 2.75) is 58.3 Å². The largest absolute Gasteiger partial charge is 0.487 e. The van der Waals surface area contributed by atoms with Gasteiger partial charge in [-0.25, -0.2) is 4.79 Å². The number of aromatic carboxylic acids is 1. The molecule has 1 unspecified atom stereocenters. The Morgan fingerprint density at radius 2 is 2.00 bits per heavy atom. The molecular formula is C16H22O4. The van der Waals surface area contributed by atoms with Crippen LogP contribution >= 0.6 is 0 Å². The first-order chi connectivity index (χ1) is 9.11. The molecule has 0 aromatic heterocycles. The molecule has 1 N–H and O–H groups in total. The van der Waals surface area contributed by atoms with Gasteiger partial charge in [-0.1, -0.05) is 6.07 Å². The van der Waals surface area contributed by atoms with E-state index < -0.39 is 11.6 Å². The number of carboxylic acids is 1. The van der Waals surface area contributed by atoms with Crippen molar-refractivity contribution in [3.05, 3.63) is 29.3 Å². The average Bonchev–Trinajstić information content (AvgIpc) is 2.49. The summed E-state index contributed by atoms with van der Waals surface area (Å²) in [6.45, 7) is 10.00. The molecular weight excluding hydrogens is 256 g/mol. The van der Waals surface area contributed by atoms with Gasteiger partial charge in [0.2, 0.25) is 0 Å². The van der Waals surface area contributed by atoms with Crippen LogP contribution in [0.25, 0.3) is 0 Å². The highest BCUT2D eigenvalue weighted by Gasteiger charge is 2.47. The summed E-state index contributed by atoms with van der Waals surface area (Å²) in [6.07, 6.45) is 0.678. The molecule has 1 aliphatic heterocycles. The Bertz CT molecular complexity index is 531. The molecule has 1 fully saturated rings. The molecule has 20 heavy (non-hydrogen) atoms. The van der Waals surface area contributed by atoms with E-state index in [4.69, 9.17) is 14.6 Å². The van der Waals surface area contributed by atoms with Crippen LogP contribution in [0.5, 0.6) is 5.75 Å². The Morgan fingerprint density at radius 3 is 2.50 bits per heavy atom. The molecule has 1 atom stereocenters. The Morgan fingerprint density at radius 1 is 1.35 bits per heavy atom. The number of rotatable bonds is 3. The molecule has 4 heteroatoms. The van der Waals surface area contributed by atoms with Crippen LogP contribution in [0, 0.1) is 6.92 Å². The Kier molecular flexibility index (Phi) is 3.54. The van der Waals surface area contributed by atoms with Crippen LogP contribution in [0.15, 0.2) is 18.2 Å². The second-order valence-electron chi connectivity index (χ2n) is 6.56. The van der Waals surface area contributed by atoms with E-state index in [2.05, 4.69) is 0 Å². The van der Waals surface area contributed by atoms with E-state index in [9.17, 15) is 4.79 Å². The summed E-state index contributed by atoms with van der Waals surface area (Å²) >= 11 is 0. The van der Waals surface area contributed by atoms with Gasteiger partial charge >= 0.3 is 5.97 Å². The van der Waals surface area contributed by atoms with E-state index in [0.29, 0.717) is 5.75 Å². The standard InChI is InChI=1S/C16H22O4/c1-10-6-7-11(14(17)18)8-12(10)19-13-9-15(2,3)20-16(13,4)5/h6-8,13H,9H2,1-5H3,(H,17,18). The van der Waals surface area contributed by atoms with E-state index in [1.807, 2.05) is 34.6 Å². The average molecular weight is 278 g/mol. The van der Waals surface area contributed by atoms with Crippen LogP contribution in [0.4, 0.5) is 0 Å². The third-order valence-electron chi connectivity index (χ3n) is 3.70. The molecule has 110 valence electrons. The molecule has 0 amide bonds. The summed E-state index contributed by atoms with van der Waals surface area (Å²) in [7, 11) is 0. The first-order valence-electron chi connectivity index (χ1n) is 6.81. The number of carbonyl (C=O) groups is 1. The lowest BCUT2D eigenvalue weighted by molar-refractivity contribution is -0.0846. The minimum Gasteiger partial charge on any atom is -0.487 e. The van der Waals surface area contributed by atoms with Gasteiger partial charge in [0.25, 0.3) is 0 Å². The fraction of sp³-hybridized carbons (Fsp3) is 0.562. The molecule has 1 aromatic rings. The minimum absolute atomic E-state index is 0.0970. The van der Waals surface area contributed by atoms with Crippen LogP contribution < -0.4 is 4.74 Å². The number of hydrogen-bond donors (Lipinski definition) is 1. The predicted molar refractivity (Wildman–Crippen MR) is 76.4 cm³/mol. The lowest BCUT2D eigenvalue weighted by atomic mass is 9.97. The second-order valence-corrected chi connectivity index (χ2v) is 6.56. The topological polar surface area (TPSA) is 55.8 Å². The lowest BCUT2D eigenvalue weighted by Gasteiger charge is -2.28. The van der Waals surface area contributed by atoms with Gasteiger partial charge in [0, 0.05) is 6.42 Å². The molecule has 1 heterocycles. The fourth-order valence-electron chi connectivity index (χ4n) is 2.71. The highest BCUT2D eigenvalue weighted by molar-refractivity contribution is 5.88. The maximum Gasteiger partial charge on any atom is 0.335 e. The Labute approximate surface area is 119 Å². The van der Waals surface area contributed by atoms with Crippen molar-refractivity contribution in [1.29, 1.82) is 0 Å². The van der Waals surface area contributed by atoms with E-state index in [0.717, 1.165) is 12.0 Å². The number of benzene rings is 1. The molecule has 0 radical (unpaired) electrons. The highest BCUT2D eigenvalue weighted by Crippen LogP contribution is 2.40. The SMILES string of the molecule is Cc1ccc(C(=O)O)cc1OC1CC(C)(C)OC1(C)C. The summed E-state index contributed by atoms with van der Waals surface area (Å²) in [5, 5.41) is 9.07. The van der Waals surface area contributed by atoms with Gasteiger partial charge in [0.05, 0.1) is 11.2 Å². The smallest absolute Gasteiger partial charge is 0.335 e. The first-order valence-corrected chi connectivity index (χ1v) is 6.81. The van der Waals surface area contributed by atoms with Crippen LogP contribution in [0.1, 0.15) is 50.0 Å². The summed E-state index contributed by atoms with van der Waals surface area (Å²) in [5.74, 6) is -0.332. The lowest BCUT2D eigenvalue weighted by Crippen LogP contribution is -2.36. The van der Waals surface area contributed by atoms with Crippen molar-refractivity contribution >= 4 is 5.97 Å². The van der Waals surface area contributed by atoms with Crippen molar-refractivity contribution in [3.8, 4) is 5.75 Å². The minimum atomic E-state index is -0.947. The molecule has 0 saturated carbocycles. The highest BCUT2D eigenvalue weighted by atomic mass is 16.6. The van der Waals surface area contributed by atoms with Crippen molar-refractivity contribution < 1.29 is 19.4 Å². The van der Waals surface area contributed by atoms with Gasteiger partial charge in [-0.15, -0.1) is 0 Å². The molecule has 1 aromatic carbocycles. The van der Waals surface area contributed by atoms with Crippen LogP contribution in [0.2, 0.25) is 0 Å². The molecule has 1 aliphatic rings. The van der Waals surface area contributed by atoms with Crippen molar-refractivity contribution in [3.63, 3.8) is 0 Å². The van der Waals surface area contributed by atoms with Crippen LogP contribution in [0.3, 0.4) is 0 Å². The monoisotopic (exact) mass is 278 g/mol. The molecule has 0 spiro atoms. The van der Waals surface area contributed by atoms with E-state index >= 15 is 0 Å². The zero-order valence-electron chi connectivity index (χ0n) is 12.7.